The zero-order valence-corrected chi connectivity index (χ0v) is 17.5. The van der Waals surface area contributed by atoms with E-state index in [-0.39, 0.29) is 11.8 Å². The third-order valence-electron chi connectivity index (χ3n) is 5.55. The number of nitrogens with one attached hydrogen (secondary N) is 2. The molecule has 0 saturated heterocycles. The number of methoxy groups -OCH3 is 1. The van der Waals surface area contributed by atoms with Gasteiger partial charge in [0.1, 0.15) is 11.6 Å². The minimum Gasteiger partial charge on any atom is -0.497 e. The summed E-state index contributed by atoms with van der Waals surface area (Å²) in [5, 5.41) is 10.3. The second-order valence-electron chi connectivity index (χ2n) is 7.35. The molecule has 0 aliphatic carbocycles. The Labute approximate surface area is 177 Å². The highest BCUT2D eigenvalue weighted by Gasteiger charge is 2.55. The van der Waals surface area contributed by atoms with Crippen molar-refractivity contribution in [3.05, 3.63) is 65.4 Å². The molecule has 2 aliphatic heterocycles. The number of hydrogen-bond donors (Lipinski definition) is 2. The van der Waals surface area contributed by atoms with Gasteiger partial charge in [0.05, 0.1) is 23.7 Å². The van der Waals surface area contributed by atoms with Crippen molar-refractivity contribution >= 4 is 35.1 Å². The Hall–Kier alpha value is -3.26. The lowest BCUT2D eigenvalue weighted by atomic mass is 9.90. The molecule has 3 aromatic rings. The number of nitrogens with zero attached hydrogens (tertiary/aromatic N) is 2. The molecule has 2 aromatic carbocycles. The second-order valence-corrected chi connectivity index (χ2v) is 8.91. The van der Waals surface area contributed by atoms with E-state index in [2.05, 4.69) is 10.6 Å². The van der Waals surface area contributed by atoms with Gasteiger partial charge in [0.25, 0.3) is 0 Å². The summed E-state index contributed by atoms with van der Waals surface area (Å²) < 4.78 is 6.02. The summed E-state index contributed by atoms with van der Waals surface area (Å²) in [5.74, 6) is 0.817. The number of carbonyl (C=O) groups excluding carboxylic acids is 2. The summed E-state index contributed by atoms with van der Waals surface area (Å²) in [7, 11) is 1.59. The van der Waals surface area contributed by atoms with Crippen molar-refractivity contribution in [3.63, 3.8) is 0 Å². The molecule has 2 N–H and O–H groups in total. The zero-order chi connectivity index (χ0) is 21.0. The van der Waals surface area contributed by atoms with E-state index >= 15 is 0 Å². The number of ether oxygens (including phenoxy) is 1. The standard InChI is InChI=1S/C22H20N4O3S/c1-12-18-19(26(25-12)14-7-5-4-6-8-14)24-20(27)13(2)30-22(18)16-11-15(29-3)9-10-17(16)23-21(22)28/h4-11,13H,1-3H3,(H,23,28)(H,24,27). The van der Waals surface area contributed by atoms with Gasteiger partial charge in [0.2, 0.25) is 11.8 Å². The summed E-state index contributed by atoms with van der Waals surface area (Å²) in [4.78, 5) is 26.4. The molecule has 0 radical (unpaired) electrons. The summed E-state index contributed by atoms with van der Waals surface area (Å²) in [5.41, 5.74) is 3.67. The first-order valence-electron chi connectivity index (χ1n) is 9.60. The zero-order valence-electron chi connectivity index (χ0n) is 16.7. The summed E-state index contributed by atoms with van der Waals surface area (Å²) >= 11 is 1.33. The summed E-state index contributed by atoms with van der Waals surface area (Å²) in [6, 6.07) is 15.1. The molecule has 3 heterocycles. The van der Waals surface area contributed by atoms with Crippen LogP contribution in [0, 0.1) is 6.92 Å². The molecule has 7 nitrogen and oxygen atoms in total. The van der Waals surface area contributed by atoms with Crippen LogP contribution >= 0.6 is 11.8 Å². The first-order valence-corrected chi connectivity index (χ1v) is 10.5. The molecular weight excluding hydrogens is 400 g/mol. The first-order chi connectivity index (χ1) is 14.5. The smallest absolute Gasteiger partial charge is 0.250 e. The molecule has 152 valence electrons. The van der Waals surface area contributed by atoms with Crippen LogP contribution in [0.3, 0.4) is 0 Å². The number of rotatable bonds is 2. The van der Waals surface area contributed by atoms with Gasteiger partial charge in [-0.2, -0.15) is 5.10 Å². The number of hydrogen-bond acceptors (Lipinski definition) is 5. The molecule has 0 bridgehead atoms. The van der Waals surface area contributed by atoms with E-state index in [0.29, 0.717) is 28.5 Å². The lowest BCUT2D eigenvalue weighted by Crippen LogP contribution is -2.34. The van der Waals surface area contributed by atoms with Gasteiger partial charge >= 0.3 is 0 Å². The van der Waals surface area contributed by atoms with E-state index in [4.69, 9.17) is 9.84 Å². The van der Waals surface area contributed by atoms with Crippen LogP contribution in [-0.2, 0) is 14.3 Å². The Bertz CT molecular complexity index is 1190. The maximum Gasteiger partial charge on any atom is 0.250 e. The van der Waals surface area contributed by atoms with Crippen molar-refractivity contribution < 1.29 is 14.3 Å². The molecule has 1 aromatic heterocycles. The monoisotopic (exact) mass is 420 g/mol. The third kappa shape index (κ3) is 2.50. The highest BCUT2D eigenvalue weighted by atomic mass is 32.2. The molecule has 2 atom stereocenters. The SMILES string of the molecule is COc1ccc2c(c1)C1(SC(C)C(=O)Nc3c1c(C)nn3-c1ccccc1)C(=O)N2. The average molecular weight is 420 g/mol. The number of benzene rings is 2. The fraction of sp³-hybridized carbons (Fsp3) is 0.227. The Kier molecular flexibility index (Phi) is 4.14. The van der Waals surface area contributed by atoms with Crippen LogP contribution in [0.15, 0.2) is 48.5 Å². The van der Waals surface area contributed by atoms with Gasteiger partial charge in [0, 0.05) is 16.8 Å². The van der Waals surface area contributed by atoms with Crippen molar-refractivity contribution in [2.45, 2.75) is 23.8 Å². The fourth-order valence-electron chi connectivity index (χ4n) is 4.16. The Morgan fingerprint density at radius 2 is 1.90 bits per heavy atom. The summed E-state index contributed by atoms with van der Waals surface area (Å²) in [6.45, 7) is 3.68. The Balaban J connectivity index is 1.84. The highest BCUT2D eigenvalue weighted by molar-refractivity contribution is 8.02. The lowest BCUT2D eigenvalue weighted by molar-refractivity contribution is -0.117. The molecular formula is C22H20N4O3S. The van der Waals surface area contributed by atoms with E-state index in [1.807, 2.05) is 62.4 Å². The van der Waals surface area contributed by atoms with Gasteiger partial charge in [0.15, 0.2) is 4.75 Å². The number of amides is 2. The van der Waals surface area contributed by atoms with E-state index in [9.17, 15) is 9.59 Å². The fourth-order valence-corrected chi connectivity index (χ4v) is 5.68. The number of para-hydroxylation sites is 1. The first kappa shape index (κ1) is 18.7. The van der Waals surface area contributed by atoms with Gasteiger partial charge in [-0.25, -0.2) is 4.68 Å². The van der Waals surface area contributed by atoms with Gasteiger partial charge in [-0.1, -0.05) is 18.2 Å². The molecule has 8 heteroatoms. The van der Waals surface area contributed by atoms with Crippen molar-refractivity contribution in [3.8, 4) is 11.4 Å². The van der Waals surface area contributed by atoms with Crippen LogP contribution in [0.1, 0.15) is 23.7 Å². The molecule has 2 aliphatic rings. The minimum absolute atomic E-state index is 0.167. The van der Waals surface area contributed by atoms with Crippen LogP contribution in [0.5, 0.6) is 5.75 Å². The Morgan fingerprint density at radius 3 is 2.63 bits per heavy atom. The highest BCUT2D eigenvalue weighted by Crippen LogP contribution is 2.57. The van der Waals surface area contributed by atoms with Gasteiger partial charge in [-0.05, 0) is 44.2 Å². The average Bonchev–Trinajstić information content (AvgIpc) is 3.17. The number of anilines is 2. The van der Waals surface area contributed by atoms with Gasteiger partial charge < -0.3 is 15.4 Å². The number of carbonyl (C=O) groups is 2. The van der Waals surface area contributed by atoms with E-state index in [1.165, 1.54) is 11.8 Å². The number of aromatic nitrogens is 2. The molecule has 2 unspecified atom stereocenters. The maximum atomic E-state index is 13.5. The maximum absolute atomic E-state index is 13.5. The number of thioether (sulfide) groups is 1. The predicted octanol–water partition coefficient (Wildman–Crippen LogP) is 3.46. The molecule has 0 fully saturated rings. The number of aryl methyl sites for hydroxylation is 1. The Morgan fingerprint density at radius 1 is 1.13 bits per heavy atom. The lowest BCUT2D eigenvalue weighted by Gasteiger charge is -2.27. The van der Waals surface area contributed by atoms with Crippen LogP contribution < -0.4 is 15.4 Å². The predicted molar refractivity (Wildman–Crippen MR) is 116 cm³/mol. The third-order valence-corrected chi connectivity index (χ3v) is 7.08. The second kappa shape index (κ2) is 6.63. The molecule has 5 rings (SSSR count). The normalized spacial score (nSPS) is 22.2. The van der Waals surface area contributed by atoms with Gasteiger partial charge in [-0.15, -0.1) is 11.8 Å². The van der Waals surface area contributed by atoms with Crippen molar-refractivity contribution in [2.24, 2.45) is 0 Å². The van der Waals surface area contributed by atoms with Crippen LogP contribution in [0.4, 0.5) is 11.5 Å². The molecule has 0 saturated carbocycles. The quantitative estimate of drug-likeness (QED) is 0.663. The van der Waals surface area contributed by atoms with E-state index < -0.39 is 10.00 Å². The van der Waals surface area contributed by atoms with E-state index in [1.54, 1.807) is 11.8 Å². The van der Waals surface area contributed by atoms with Gasteiger partial charge in [-0.3, -0.25) is 9.59 Å². The van der Waals surface area contributed by atoms with E-state index in [0.717, 1.165) is 11.3 Å². The molecule has 2 amide bonds. The van der Waals surface area contributed by atoms with Crippen molar-refractivity contribution in [2.75, 3.05) is 17.7 Å². The molecule has 30 heavy (non-hydrogen) atoms. The number of fused-ring (bicyclic) bond motifs is 4. The topological polar surface area (TPSA) is 85.2 Å². The van der Waals surface area contributed by atoms with Crippen LogP contribution in [-0.4, -0.2) is 34.0 Å². The van der Waals surface area contributed by atoms with Crippen molar-refractivity contribution in [1.82, 2.24) is 9.78 Å². The van der Waals surface area contributed by atoms with Crippen molar-refractivity contribution in [1.29, 1.82) is 0 Å². The summed E-state index contributed by atoms with van der Waals surface area (Å²) in [6.07, 6.45) is 0. The largest absolute Gasteiger partial charge is 0.497 e. The van der Waals surface area contributed by atoms with Crippen LogP contribution in [0.25, 0.3) is 5.69 Å². The minimum atomic E-state index is -1.12. The van der Waals surface area contributed by atoms with Crippen LogP contribution in [0.2, 0.25) is 0 Å². The molecule has 1 spiro atoms.